The van der Waals surface area contributed by atoms with E-state index in [9.17, 15) is 9.59 Å². The predicted molar refractivity (Wildman–Crippen MR) is 77.2 cm³/mol. The number of H-pyrrole nitrogens is 1. The van der Waals surface area contributed by atoms with Gasteiger partial charge in [0.2, 0.25) is 5.91 Å². The number of aromatic amines is 1. The van der Waals surface area contributed by atoms with Gasteiger partial charge in [0, 0.05) is 23.6 Å². The van der Waals surface area contributed by atoms with Crippen molar-refractivity contribution in [2.24, 2.45) is 5.73 Å². The van der Waals surface area contributed by atoms with Crippen molar-refractivity contribution < 1.29 is 9.59 Å². The lowest BCUT2D eigenvalue weighted by Gasteiger charge is -2.12. The average molecular weight is 274 g/mol. The summed E-state index contributed by atoms with van der Waals surface area (Å²) in [7, 11) is 0. The fourth-order valence-corrected chi connectivity index (χ4v) is 2.09. The van der Waals surface area contributed by atoms with E-state index in [1.807, 2.05) is 30.5 Å². The van der Waals surface area contributed by atoms with Gasteiger partial charge in [-0.1, -0.05) is 18.2 Å². The van der Waals surface area contributed by atoms with Gasteiger partial charge in [0.15, 0.2) is 0 Å². The summed E-state index contributed by atoms with van der Waals surface area (Å²) in [4.78, 5) is 25.5. The fraction of sp³-hybridized carbons (Fsp3) is 0.286. The van der Waals surface area contributed by atoms with Crippen LogP contribution in [0.4, 0.5) is 4.79 Å². The van der Waals surface area contributed by atoms with Gasteiger partial charge in [-0.2, -0.15) is 0 Å². The molecule has 0 aliphatic carbocycles. The number of para-hydroxylation sites is 1. The Morgan fingerprint density at radius 1 is 1.35 bits per heavy atom. The maximum atomic E-state index is 11.7. The predicted octanol–water partition coefficient (Wildman–Crippen LogP) is 0.883. The second-order valence-corrected chi connectivity index (χ2v) is 4.63. The maximum absolute atomic E-state index is 11.7. The molecule has 1 unspecified atom stereocenters. The molecular weight excluding hydrogens is 256 g/mol. The van der Waals surface area contributed by atoms with E-state index in [2.05, 4.69) is 15.6 Å². The first-order valence-corrected chi connectivity index (χ1v) is 6.46. The van der Waals surface area contributed by atoms with Crippen LogP contribution in [0.3, 0.4) is 0 Å². The molecule has 6 nitrogen and oxygen atoms in total. The molecule has 0 spiro atoms. The van der Waals surface area contributed by atoms with Gasteiger partial charge in [-0.15, -0.1) is 0 Å². The largest absolute Gasteiger partial charge is 0.361 e. The van der Waals surface area contributed by atoms with Crippen LogP contribution < -0.4 is 16.4 Å². The molecule has 0 fully saturated rings. The van der Waals surface area contributed by atoms with E-state index in [1.54, 1.807) is 6.92 Å². The summed E-state index contributed by atoms with van der Waals surface area (Å²) in [5.74, 6) is -0.247. The fourth-order valence-electron chi connectivity index (χ4n) is 2.09. The van der Waals surface area contributed by atoms with Crippen molar-refractivity contribution in [3.8, 4) is 0 Å². The third-order valence-corrected chi connectivity index (χ3v) is 3.12. The summed E-state index contributed by atoms with van der Waals surface area (Å²) in [6.07, 6.45) is 2.67. The van der Waals surface area contributed by atoms with Crippen LogP contribution in [0.2, 0.25) is 0 Å². The minimum absolute atomic E-state index is 0.247. The lowest BCUT2D eigenvalue weighted by atomic mass is 10.1. The monoisotopic (exact) mass is 274 g/mol. The Balaban J connectivity index is 1.87. The summed E-state index contributed by atoms with van der Waals surface area (Å²) in [6.45, 7) is 2.09. The Morgan fingerprint density at radius 3 is 2.85 bits per heavy atom. The molecule has 5 N–H and O–H groups in total. The number of rotatable bonds is 5. The van der Waals surface area contributed by atoms with Crippen LogP contribution >= 0.6 is 0 Å². The van der Waals surface area contributed by atoms with Gasteiger partial charge < -0.3 is 21.4 Å². The number of carbonyl (C=O) groups excluding carboxylic acids is 2. The van der Waals surface area contributed by atoms with Crippen LogP contribution in [0.25, 0.3) is 10.9 Å². The van der Waals surface area contributed by atoms with Crippen molar-refractivity contribution in [2.75, 3.05) is 6.54 Å². The highest BCUT2D eigenvalue weighted by Gasteiger charge is 2.13. The third kappa shape index (κ3) is 3.28. The molecule has 0 aliphatic rings. The first-order chi connectivity index (χ1) is 9.58. The molecule has 2 aromatic rings. The first-order valence-electron chi connectivity index (χ1n) is 6.46. The molecule has 0 bridgehead atoms. The average Bonchev–Trinajstić information content (AvgIpc) is 2.81. The molecule has 0 saturated carbocycles. The standard InChI is InChI=1S/C14H18N4O2/c1-9(18-14(15)20)13(19)16-7-6-10-8-17-12-5-3-2-4-11(10)12/h2-5,8-9,17H,6-7H2,1H3,(H,16,19)(H3,15,18,20). The lowest BCUT2D eigenvalue weighted by molar-refractivity contribution is -0.122. The van der Waals surface area contributed by atoms with Crippen molar-refractivity contribution in [3.63, 3.8) is 0 Å². The van der Waals surface area contributed by atoms with Crippen LogP contribution in [-0.2, 0) is 11.2 Å². The van der Waals surface area contributed by atoms with Crippen molar-refractivity contribution in [1.82, 2.24) is 15.6 Å². The molecule has 1 aromatic heterocycles. The van der Waals surface area contributed by atoms with Crippen molar-refractivity contribution in [2.45, 2.75) is 19.4 Å². The molecule has 0 aliphatic heterocycles. The molecule has 1 heterocycles. The number of fused-ring (bicyclic) bond motifs is 1. The molecular formula is C14H18N4O2. The van der Waals surface area contributed by atoms with Crippen molar-refractivity contribution in [3.05, 3.63) is 36.0 Å². The van der Waals surface area contributed by atoms with Gasteiger partial charge in [0.1, 0.15) is 6.04 Å². The Morgan fingerprint density at radius 2 is 2.10 bits per heavy atom. The van der Waals surface area contributed by atoms with Crippen molar-refractivity contribution in [1.29, 1.82) is 0 Å². The van der Waals surface area contributed by atoms with E-state index in [4.69, 9.17) is 5.73 Å². The maximum Gasteiger partial charge on any atom is 0.312 e. The highest BCUT2D eigenvalue weighted by molar-refractivity contribution is 5.86. The number of nitrogens with two attached hydrogens (primary N) is 1. The van der Waals surface area contributed by atoms with Gasteiger partial charge in [0.05, 0.1) is 0 Å². The molecule has 1 aromatic carbocycles. The number of hydrogen-bond donors (Lipinski definition) is 4. The van der Waals surface area contributed by atoms with Crippen LogP contribution in [0.1, 0.15) is 12.5 Å². The zero-order chi connectivity index (χ0) is 14.5. The van der Waals surface area contributed by atoms with Gasteiger partial charge in [-0.3, -0.25) is 4.79 Å². The molecule has 3 amide bonds. The summed E-state index contributed by atoms with van der Waals surface area (Å²) >= 11 is 0. The molecule has 0 radical (unpaired) electrons. The van der Waals surface area contributed by atoms with E-state index < -0.39 is 12.1 Å². The molecule has 106 valence electrons. The van der Waals surface area contributed by atoms with E-state index in [0.717, 1.165) is 22.9 Å². The van der Waals surface area contributed by atoms with Gasteiger partial charge in [-0.05, 0) is 25.0 Å². The van der Waals surface area contributed by atoms with Crippen LogP contribution in [0.15, 0.2) is 30.5 Å². The van der Waals surface area contributed by atoms with E-state index in [0.29, 0.717) is 6.54 Å². The van der Waals surface area contributed by atoms with Crippen LogP contribution in [-0.4, -0.2) is 29.5 Å². The topological polar surface area (TPSA) is 100 Å². The molecule has 2 rings (SSSR count). The number of hydrogen-bond acceptors (Lipinski definition) is 2. The number of carbonyl (C=O) groups is 2. The number of benzene rings is 1. The number of urea groups is 1. The van der Waals surface area contributed by atoms with Gasteiger partial charge >= 0.3 is 6.03 Å². The molecule has 20 heavy (non-hydrogen) atoms. The highest BCUT2D eigenvalue weighted by atomic mass is 16.2. The number of aromatic nitrogens is 1. The van der Waals surface area contributed by atoms with Gasteiger partial charge in [-0.25, -0.2) is 4.79 Å². The third-order valence-electron chi connectivity index (χ3n) is 3.12. The minimum Gasteiger partial charge on any atom is -0.361 e. The number of primary amides is 1. The summed E-state index contributed by atoms with van der Waals surface area (Å²) < 4.78 is 0. The summed E-state index contributed by atoms with van der Waals surface area (Å²) in [5.41, 5.74) is 7.20. The SMILES string of the molecule is CC(NC(N)=O)C(=O)NCCc1c[nH]c2ccccc12. The Labute approximate surface area is 116 Å². The van der Waals surface area contributed by atoms with Gasteiger partial charge in [0.25, 0.3) is 0 Å². The van der Waals surface area contributed by atoms with E-state index in [-0.39, 0.29) is 5.91 Å². The summed E-state index contributed by atoms with van der Waals surface area (Å²) in [6, 6.07) is 6.68. The highest BCUT2D eigenvalue weighted by Crippen LogP contribution is 2.17. The molecule has 1 atom stereocenters. The quantitative estimate of drug-likeness (QED) is 0.650. The zero-order valence-electron chi connectivity index (χ0n) is 11.3. The van der Waals surface area contributed by atoms with Crippen molar-refractivity contribution >= 4 is 22.8 Å². The van der Waals surface area contributed by atoms with Crippen LogP contribution in [0, 0.1) is 0 Å². The van der Waals surface area contributed by atoms with E-state index >= 15 is 0 Å². The lowest BCUT2D eigenvalue weighted by Crippen LogP contribution is -2.47. The Hall–Kier alpha value is -2.50. The smallest absolute Gasteiger partial charge is 0.312 e. The second-order valence-electron chi connectivity index (χ2n) is 4.63. The van der Waals surface area contributed by atoms with E-state index in [1.165, 1.54) is 0 Å². The van der Waals surface area contributed by atoms with Crippen LogP contribution in [0.5, 0.6) is 0 Å². The number of nitrogens with one attached hydrogen (secondary N) is 3. The normalized spacial score (nSPS) is 12.1. The Bertz CT molecular complexity index is 620. The minimum atomic E-state index is -0.704. The summed E-state index contributed by atoms with van der Waals surface area (Å²) in [5, 5.41) is 6.26. The molecule has 0 saturated heterocycles. The number of amides is 3. The second kappa shape index (κ2) is 6.10. The first kappa shape index (κ1) is 13.9. The molecule has 6 heteroatoms. The Kier molecular flexibility index (Phi) is 4.24. The zero-order valence-corrected chi connectivity index (χ0v) is 11.3.